The number of rotatable bonds is 5. The van der Waals surface area contributed by atoms with Gasteiger partial charge in [0.05, 0.1) is 17.7 Å². The molecule has 2 aromatic heterocycles. The molecule has 0 atom stereocenters. The largest absolute Gasteiger partial charge is 0.377 e. The van der Waals surface area contributed by atoms with Crippen molar-refractivity contribution >= 4 is 22.2 Å². The summed E-state index contributed by atoms with van der Waals surface area (Å²) in [5, 5.41) is 18.2. The minimum absolute atomic E-state index is 0.175. The van der Waals surface area contributed by atoms with Gasteiger partial charge in [-0.25, -0.2) is 9.36 Å². The molecule has 2 aromatic rings. The van der Waals surface area contributed by atoms with E-state index in [9.17, 15) is 19.7 Å². The van der Waals surface area contributed by atoms with Crippen LogP contribution in [0.3, 0.4) is 0 Å². The topological polar surface area (TPSA) is 125 Å². The molecule has 0 amide bonds. The molecule has 21 heavy (non-hydrogen) atoms. The normalized spacial score (nSPS) is 10.6. The predicted octanol–water partition coefficient (Wildman–Crippen LogP) is -0.120. The zero-order chi connectivity index (χ0) is 15.6. The summed E-state index contributed by atoms with van der Waals surface area (Å²) in [7, 11) is 1.65. The number of nitrogens with zero attached hydrogens (tertiary/aromatic N) is 5. The first kappa shape index (κ1) is 14.8. The quantitative estimate of drug-likeness (QED) is 0.602. The molecule has 0 aromatic carbocycles. The molecule has 2 rings (SSSR count). The molecule has 0 bridgehead atoms. The van der Waals surface area contributed by atoms with Gasteiger partial charge in [0.15, 0.2) is 0 Å². The lowest BCUT2D eigenvalue weighted by Gasteiger charge is -2.07. The van der Waals surface area contributed by atoms with Gasteiger partial charge in [0.2, 0.25) is 0 Å². The summed E-state index contributed by atoms with van der Waals surface area (Å²) in [6.07, 6.45) is 0.958. The van der Waals surface area contributed by atoms with Crippen LogP contribution in [0.2, 0.25) is 0 Å². The summed E-state index contributed by atoms with van der Waals surface area (Å²) in [5.41, 5.74) is -1.84. The first-order valence-electron chi connectivity index (χ1n) is 5.97. The van der Waals surface area contributed by atoms with Gasteiger partial charge in [0.1, 0.15) is 10.7 Å². The van der Waals surface area contributed by atoms with Crippen LogP contribution in [-0.4, -0.2) is 30.7 Å². The highest BCUT2D eigenvalue weighted by atomic mass is 32.1. The average molecular weight is 312 g/mol. The smallest absolute Gasteiger partial charge is 0.350 e. The van der Waals surface area contributed by atoms with E-state index in [4.69, 9.17) is 0 Å². The molecule has 0 fully saturated rings. The molecule has 0 spiro atoms. The summed E-state index contributed by atoms with van der Waals surface area (Å²) in [6.45, 7) is 1.70. The first-order valence-corrected chi connectivity index (χ1v) is 6.74. The Hall–Kier alpha value is -2.56. The molecular weight excluding hydrogens is 300 g/mol. The molecule has 11 heteroatoms. The highest BCUT2D eigenvalue weighted by molar-refractivity contribution is 7.10. The Morgan fingerprint density at radius 3 is 2.76 bits per heavy atom. The Morgan fingerprint density at radius 2 is 2.19 bits per heavy atom. The standard InChI is InChI=1S/C10H12N6O4S/c1-3-14-5-7(16(19)20)9(17)15(10(14)18)4-6-8(11-2)21-13-12-6/h5,11H,3-4H2,1-2H3. The van der Waals surface area contributed by atoms with E-state index in [-0.39, 0.29) is 13.1 Å². The number of nitrogens with one attached hydrogen (secondary N) is 1. The summed E-state index contributed by atoms with van der Waals surface area (Å²) in [6, 6.07) is 0. The fraction of sp³-hybridized carbons (Fsp3) is 0.400. The van der Waals surface area contributed by atoms with Crippen LogP contribution in [0, 0.1) is 10.1 Å². The Kier molecular flexibility index (Phi) is 4.12. The summed E-state index contributed by atoms with van der Waals surface area (Å²) >= 11 is 1.07. The van der Waals surface area contributed by atoms with E-state index in [0.29, 0.717) is 10.7 Å². The van der Waals surface area contributed by atoms with Gasteiger partial charge in [-0.05, 0) is 6.92 Å². The van der Waals surface area contributed by atoms with E-state index in [1.54, 1.807) is 14.0 Å². The minimum atomic E-state index is -0.954. The van der Waals surface area contributed by atoms with Gasteiger partial charge >= 0.3 is 16.9 Å². The van der Waals surface area contributed by atoms with Gasteiger partial charge in [0.25, 0.3) is 0 Å². The Balaban J connectivity index is 2.62. The van der Waals surface area contributed by atoms with Crippen LogP contribution < -0.4 is 16.6 Å². The Labute approximate surface area is 122 Å². The van der Waals surface area contributed by atoms with Crippen LogP contribution >= 0.6 is 11.5 Å². The average Bonchev–Trinajstić information content (AvgIpc) is 2.90. The van der Waals surface area contributed by atoms with Crippen molar-refractivity contribution in [1.29, 1.82) is 0 Å². The van der Waals surface area contributed by atoms with E-state index >= 15 is 0 Å². The monoisotopic (exact) mass is 312 g/mol. The fourth-order valence-electron chi connectivity index (χ4n) is 1.78. The van der Waals surface area contributed by atoms with E-state index < -0.39 is 21.9 Å². The number of anilines is 1. The maximum atomic E-state index is 12.2. The number of nitro groups is 1. The molecule has 0 unspecified atom stereocenters. The van der Waals surface area contributed by atoms with Crippen LogP contribution in [-0.2, 0) is 13.1 Å². The van der Waals surface area contributed by atoms with Crippen LogP contribution in [0.5, 0.6) is 0 Å². The van der Waals surface area contributed by atoms with Crippen molar-refractivity contribution in [2.24, 2.45) is 0 Å². The van der Waals surface area contributed by atoms with E-state index in [1.165, 1.54) is 0 Å². The zero-order valence-electron chi connectivity index (χ0n) is 11.3. The lowest BCUT2D eigenvalue weighted by atomic mass is 10.4. The maximum absolute atomic E-state index is 12.2. The van der Waals surface area contributed by atoms with Gasteiger partial charge in [0, 0.05) is 25.1 Å². The zero-order valence-corrected chi connectivity index (χ0v) is 12.1. The van der Waals surface area contributed by atoms with Crippen molar-refractivity contribution < 1.29 is 4.92 Å². The number of aromatic nitrogens is 4. The van der Waals surface area contributed by atoms with E-state index in [2.05, 4.69) is 14.9 Å². The van der Waals surface area contributed by atoms with Crippen molar-refractivity contribution in [3.05, 3.63) is 42.8 Å². The molecule has 0 saturated carbocycles. The first-order chi connectivity index (χ1) is 9.99. The van der Waals surface area contributed by atoms with Gasteiger partial charge in [-0.2, -0.15) is 0 Å². The van der Waals surface area contributed by atoms with Crippen LogP contribution in [0.1, 0.15) is 12.6 Å². The van der Waals surface area contributed by atoms with Crippen molar-refractivity contribution in [3.63, 3.8) is 0 Å². The molecule has 0 aliphatic heterocycles. The molecule has 112 valence electrons. The summed E-state index contributed by atoms with van der Waals surface area (Å²) in [5.74, 6) is 0. The SMILES string of the molecule is CCn1cc([N+](=O)[O-])c(=O)n(Cc2nnsc2NC)c1=O. The molecule has 10 nitrogen and oxygen atoms in total. The molecule has 2 heterocycles. The van der Waals surface area contributed by atoms with Crippen LogP contribution in [0.15, 0.2) is 15.8 Å². The van der Waals surface area contributed by atoms with Crippen molar-refractivity contribution in [1.82, 2.24) is 18.7 Å². The highest BCUT2D eigenvalue weighted by Gasteiger charge is 2.21. The molecule has 0 aliphatic rings. The second-order valence-corrected chi connectivity index (χ2v) is 4.78. The molecular formula is C10H12N6O4S. The number of aryl methyl sites for hydroxylation is 1. The lowest BCUT2D eigenvalue weighted by molar-refractivity contribution is -0.387. The Morgan fingerprint density at radius 1 is 1.48 bits per heavy atom. The molecule has 1 N–H and O–H groups in total. The minimum Gasteiger partial charge on any atom is -0.377 e. The molecule has 0 aliphatic carbocycles. The van der Waals surface area contributed by atoms with Gasteiger partial charge in [-0.1, -0.05) is 4.49 Å². The maximum Gasteiger partial charge on any atom is 0.350 e. The van der Waals surface area contributed by atoms with Crippen molar-refractivity contribution in [2.75, 3.05) is 12.4 Å². The van der Waals surface area contributed by atoms with Gasteiger partial charge < -0.3 is 5.32 Å². The summed E-state index contributed by atoms with van der Waals surface area (Å²) in [4.78, 5) is 34.3. The second kappa shape index (κ2) is 5.83. The number of hydrogen-bond donors (Lipinski definition) is 1. The van der Waals surface area contributed by atoms with E-state index in [1.807, 2.05) is 0 Å². The third kappa shape index (κ3) is 2.67. The highest BCUT2D eigenvalue weighted by Crippen LogP contribution is 2.16. The molecule has 0 saturated heterocycles. The Bertz CT molecular complexity index is 792. The van der Waals surface area contributed by atoms with Crippen LogP contribution in [0.4, 0.5) is 10.7 Å². The fourth-order valence-corrected chi connectivity index (χ4v) is 2.30. The number of hydrogen-bond acceptors (Lipinski definition) is 8. The molecule has 0 radical (unpaired) electrons. The van der Waals surface area contributed by atoms with Crippen LogP contribution in [0.25, 0.3) is 0 Å². The lowest BCUT2D eigenvalue weighted by Crippen LogP contribution is -2.40. The van der Waals surface area contributed by atoms with Crippen molar-refractivity contribution in [3.8, 4) is 0 Å². The second-order valence-electron chi connectivity index (χ2n) is 4.03. The van der Waals surface area contributed by atoms with Crippen molar-refractivity contribution in [2.45, 2.75) is 20.0 Å². The third-order valence-corrected chi connectivity index (χ3v) is 3.63. The predicted molar refractivity (Wildman–Crippen MR) is 75.8 cm³/mol. The van der Waals surface area contributed by atoms with E-state index in [0.717, 1.165) is 26.9 Å². The van der Waals surface area contributed by atoms with Gasteiger partial charge in [-0.3, -0.25) is 19.5 Å². The third-order valence-electron chi connectivity index (χ3n) is 2.85. The van der Waals surface area contributed by atoms with Gasteiger partial charge in [-0.15, -0.1) is 5.10 Å². The summed E-state index contributed by atoms with van der Waals surface area (Å²) < 4.78 is 5.62.